The number of nitro benzene ring substituents is 2. The molecular weight excluding hydrogens is 350 g/mol. The van der Waals surface area contributed by atoms with Crippen molar-refractivity contribution in [3.05, 3.63) is 70.4 Å². The van der Waals surface area contributed by atoms with Gasteiger partial charge in [-0.2, -0.15) is 0 Å². The molecule has 1 aliphatic rings. The molecule has 25 heavy (non-hydrogen) atoms. The first-order chi connectivity index (χ1) is 11.8. The smallest absolute Gasteiger partial charge is 0.280 e. The number of nitrogens with zero attached hydrogens (tertiary/aromatic N) is 3. The summed E-state index contributed by atoms with van der Waals surface area (Å²) in [6.07, 6.45) is 0.484. The lowest BCUT2D eigenvalue weighted by Crippen LogP contribution is -2.35. The lowest BCUT2D eigenvalue weighted by Gasteiger charge is -2.27. The SMILES string of the molecule is O=c1[nH]c(=S)[nH]c2c1CCN(Cc1ccc([N+](=O)[O-])cc1[N+](=O)[O-])C2. The van der Waals surface area contributed by atoms with Gasteiger partial charge in [0, 0.05) is 42.5 Å². The van der Waals surface area contributed by atoms with Crippen molar-refractivity contribution in [2.45, 2.75) is 19.5 Å². The third-order valence-electron chi connectivity index (χ3n) is 4.06. The second kappa shape index (κ2) is 6.53. The predicted molar refractivity (Wildman–Crippen MR) is 89.8 cm³/mol. The van der Waals surface area contributed by atoms with Gasteiger partial charge in [-0.25, -0.2) is 0 Å². The summed E-state index contributed by atoms with van der Waals surface area (Å²) in [5, 5.41) is 22.0. The van der Waals surface area contributed by atoms with Crippen LogP contribution < -0.4 is 5.56 Å². The molecule has 10 nitrogen and oxygen atoms in total. The molecule has 0 fully saturated rings. The van der Waals surface area contributed by atoms with Gasteiger partial charge in [-0.3, -0.25) is 34.9 Å². The number of nitro groups is 2. The van der Waals surface area contributed by atoms with E-state index in [9.17, 15) is 25.0 Å². The summed E-state index contributed by atoms with van der Waals surface area (Å²) in [4.78, 5) is 40.0. The fourth-order valence-electron chi connectivity index (χ4n) is 2.88. The average molecular weight is 363 g/mol. The highest BCUT2D eigenvalue weighted by molar-refractivity contribution is 7.71. The Balaban J connectivity index is 1.88. The quantitative estimate of drug-likeness (QED) is 0.480. The van der Waals surface area contributed by atoms with Crippen LogP contribution in [-0.4, -0.2) is 31.3 Å². The molecule has 2 aromatic rings. The molecule has 11 heteroatoms. The summed E-state index contributed by atoms with van der Waals surface area (Å²) >= 11 is 4.96. The standard InChI is InChI=1S/C14H13N5O5S/c20-13-10-3-4-17(7-11(10)15-14(25)16-13)6-8-1-2-9(18(21)22)5-12(8)19(23)24/h1-2,5H,3-4,6-7H2,(H2,15,16,20,25). The first-order valence-corrected chi connectivity index (χ1v) is 7.74. The van der Waals surface area contributed by atoms with Gasteiger partial charge >= 0.3 is 0 Å². The molecular formula is C14H13N5O5S. The average Bonchev–Trinajstić information content (AvgIpc) is 2.54. The maximum absolute atomic E-state index is 11.9. The summed E-state index contributed by atoms with van der Waals surface area (Å²) in [6.45, 7) is 1.16. The van der Waals surface area contributed by atoms with E-state index in [1.54, 1.807) is 0 Å². The minimum Gasteiger partial charge on any atom is -0.334 e. The van der Waals surface area contributed by atoms with Crippen LogP contribution in [0.3, 0.4) is 0 Å². The summed E-state index contributed by atoms with van der Waals surface area (Å²) in [5.41, 5.74) is 0.851. The number of nitrogens with one attached hydrogen (secondary N) is 2. The van der Waals surface area contributed by atoms with Crippen molar-refractivity contribution < 1.29 is 9.85 Å². The zero-order valence-corrected chi connectivity index (χ0v) is 13.7. The zero-order valence-electron chi connectivity index (χ0n) is 12.9. The first kappa shape index (κ1) is 16.9. The molecule has 0 amide bonds. The number of non-ortho nitro benzene ring substituents is 1. The minimum absolute atomic E-state index is 0.222. The topological polar surface area (TPSA) is 138 Å². The lowest BCUT2D eigenvalue weighted by molar-refractivity contribution is -0.394. The van der Waals surface area contributed by atoms with E-state index in [2.05, 4.69) is 9.97 Å². The van der Waals surface area contributed by atoms with Crippen LogP contribution in [0.5, 0.6) is 0 Å². The van der Waals surface area contributed by atoms with Crippen molar-refractivity contribution in [2.75, 3.05) is 6.54 Å². The van der Waals surface area contributed by atoms with Gasteiger partial charge in [0.15, 0.2) is 4.77 Å². The van der Waals surface area contributed by atoms with Crippen LogP contribution in [-0.2, 0) is 19.5 Å². The highest BCUT2D eigenvalue weighted by atomic mass is 32.1. The number of fused-ring (bicyclic) bond motifs is 1. The van der Waals surface area contributed by atoms with Crippen molar-refractivity contribution in [1.82, 2.24) is 14.9 Å². The molecule has 0 radical (unpaired) electrons. The van der Waals surface area contributed by atoms with Gasteiger partial charge in [0.25, 0.3) is 16.9 Å². The first-order valence-electron chi connectivity index (χ1n) is 7.33. The van der Waals surface area contributed by atoms with Crippen LogP contribution in [0, 0.1) is 25.0 Å². The van der Waals surface area contributed by atoms with E-state index in [4.69, 9.17) is 12.2 Å². The fraction of sp³-hybridized carbons (Fsp3) is 0.286. The zero-order chi connectivity index (χ0) is 18.1. The Morgan fingerprint density at radius 3 is 2.64 bits per heavy atom. The van der Waals surface area contributed by atoms with Crippen molar-refractivity contribution >= 4 is 23.6 Å². The molecule has 0 aliphatic carbocycles. The Hall–Kier alpha value is -2.92. The molecule has 1 aromatic carbocycles. The van der Waals surface area contributed by atoms with E-state index in [-0.39, 0.29) is 28.2 Å². The van der Waals surface area contributed by atoms with Crippen molar-refractivity contribution in [1.29, 1.82) is 0 Å². The monoisotopic (exact) mass is 363 g/mol. The summed E-state index contributed by atoms with van der Waals surface area (Å²) in [7, 11) is 0. The maximum atomic E-state index is 11.9. The van der Waals surface area contributed by atoms with E-state index in [1.807, 2.05) is 4.90 Å². The number of rotatable bonds is 4. The highest BCUT2D eigenvalue weighted by Gasteiger charge is 2.24. The molecule has 0 spiro atoms. The minimum atomic E-state index is -0.666. The normalized spacial score (nSPS) is 14.1. The van der Waals surface area contributed by atoms with Crippen molar-refractivity contribution in [3.8, 4) is 0 Å². The molecule has 2 N–H and O–H groups in total. The molecule has 0 saturated heterocycles. The number of aromatic amines is 2. The van der Waals surface area contributed by atoms with Crippen LogP contribution >= 0.6 is 12.2 Å². The molecule has 0 atom stereocenters. The maximum Gasteiger partial charge on any atom is 0.280 e. The third-order valence-corrected chi connectivity index (χ3v) is 4.26. The number of aromatic nitrogens is 2. The predicted octanol–water partition coefficient (Wildman–Crippen LogP) is 1.81. The number of benzene rings is 1. The molecule has 0 saturated carbocycles. The molecule has 3 rings (SSSR count). The highest BCUT2D eigenvalue weighted by Crippen LogP contribution is 2.27. The largest absolute Gasteiger partial charge is 0.334 e. The van der Waals surface area contributed by atoms with Gasteiger partial charge in [-0.05, 0) is 24.7 Å². The molecule has 2 heterocycles. The van der Waals surface area contributed by atoms with Gasteiger partial charge in [0.1, 0.15) is 0 Å². The van der Waals surface area contributed by atoms with Crippen LogP contribution in [0.25, 0.3) is 0 Å². The Bertz CT molecular complexity index is 982. The van der Waals surface area contributed by atoms with E-state index >= 15 is 0 Å². The number of H-pyrrole nitrogens is 2. The molecule has 130 valence electrons. The fourth-order valence-corrected chi connectivity index (χ4v) is 3.09. The second-order valence-electron chi connectivity index (χ2n) is 5.65. The summed E-state index contributed by atoms with van der Waals surface area (Å²) < 4.78 is 0.229. The van der Waals surface area contributed by atoms with Crippen LogP contribution in [0.15, 0.2) is 23.0 Å². The third kappa shape index (κ3) is 3.46. The number of hydrogen-bond donors (Lipinski definition) is 2. The van der Waals surface area contributed by atoms with Gasteiger partial charge in [-0.1, -0.05) is 0 Å². The van der Waals surface area contributed by atoms with Crippen molar-refractivity contribution in [3.63, 3.8) is 0 Å². The van der Waals surface area contributed by atoms with Gasteiger partial charge in [0.05, 0.1) is 15.9 Å². The Kier molecular flexibility index (Phi) is 4.42. The van der Waals surface area contributed by atoms with Gasteiger partial charge < -0.3 is 4.98 Å². The van der Waals surface area contributed by atoms with E-state index in [1.165, 1.54) is 12.1 Å². The molecule has 1 aliphatic heterocycles. The van der Waals surface area contributed by atoms with E-state index < -0.39 is 9.85 Å². The Morgan fingerprint density at radius 2 is 1.96 bits per heavy atom. The molecule has 0 unspecified atom stereocenters. The summed E-state index contributed by atoms with van der Waals surface area (Å²) in [6, 6.07) is 3.61. The van der Waals surface area contributed by atoms with Gasteiger partial charge in [-0.15, -0.1) is 0 Å². The van der Waals surface area contributed by atoms with Crippen LogP contribution in [0.2, 0.25) is 0 Å². The van der Waals surface area contributed by atoms with Crippen LogP contribution in [0.4, 0.5) is 11.4 Å². The summed E-state index contributed by atoms with van der Waals surface area (Å²) in [5.74, 6) is 0. The Morgan fingerprint density at radius 1 is 1.20 bits per heavy atom. The molecule has 0 bridgehead atoms. The molecule has 1 aromatic heterocycles. The van der Waals surface area contributed by atoms with E-state index in [0.717, 1.165) is 6.07 Å². The Labute approximate surface area is 145 Å². The second-order valence-corrected chi connectivity index (χ2v) is 6.06. The van der Waals surface area contributed by atoms with Crippen molar-refractivity contribution in [2.24, 2.45) is 0 Å². The number of hydrogen-bond acceptors (Lipinski definition) is 7. The van der Waals surface area contributed by atoms with Crippen LogP contribution in [0.1, 0.15) is 16.8 Å². The van der Waals surface area contributed by atoms with E-state index in [0.29, 0.717) is 36.3 Å². The van der Waals surface area contributed by atoms with Gasteiger partial charge in [0.2, 0.25) is 0 Å². The lowest BCUT2D eigenvalue weighted by atomic mass is 10.1.